The minimum atomic E-state index is -4.67. The van der Waals surface area contributed by atoms with Crippen molar-refractivity contribution < 1.29 is 31.8 Å². The second-order valence-corrected chi connectivity index (χ2v) is 8.02. The topological polar surface area (TPSA) is 73.3 Å². The van der Waals surface area contributed by atoms with Crippen LogP contribution in [0.5, 0.6) is 11.5 Å². The van der Waals surface area contributed by atoms with Crippen molar-refractivity contribution in [1.82, 2.24) is 15.3 Å². The first kappa shape index (κ1) is 22.8. The second-order valence-electron chi connectivity index (χ2n) is 6.95. The van der Waals surface area contributed by atoms with Crippen molar-refractivity contribution in [3.05, 3.63) is 65.6 Å². The van der Waals surface area contributed by atoms with Crippen LogP contribution >= 0.6 is 11.8 Å². The summed E-state index contributed by atoms with van der Waals surface area (Å²) >= 11 is 0.925. The molecule has 2 heterocycles. The van der Waals surface area contributed by atoms with Gasteiger partial charge in [0.2, 0.25) is 12.7 Å². The van der Waals surface area contributed by atoms with Gasteiger partial charge in [-0.1, -0.05) is 30.0 Å². The van der Waals surface area contributed by atoms with E-state index < -0.39 is 17.7 Å². The molecule has 1 N–H and O–H groups in total. The van der Waals surface area contributed by atoms with Crippen LogP contribution in [0.3, 0.4) is 0 Å². The number of amides is 1. The highest BCUT2D eigenvalue weighted by Crippen LogP contribution is 2.37. The standard InChI is InChI=1S/C22H17F4N3O3S/c23-15-4-2-1-3-14(15)11-27-20(30)7-8-33-21-28-16(10-19(29-21)22(24,25)26)13-5-6-17-18(9-13)32-12-31-17/h1-6,9-10H,7-8,11-12H2,(H,27,30). The SMILES string of the molecule is O=C(CCSc1nc(-c2ccc3c(c2)OCO3)cc(C(F)(F)F)n1)NCc1ccccc1F. The van der Waals surface area contributed by atoms with E-state index in [2.05, 4.69) is 15.3 Å². The van der Waals surface area contributed by atoms with E-state index in [0.29, 0.717) is 22.6 Å². The number of alkyl halides is 3. The van der Waals surface area contributed by atoms with Gasteiger partial charge in [-0.3, -0.25) is 4.79 Å². The van der Waals surface area contributed by atoms with Crippen molar-refractivity contribution >= 4 is 17.7 Å². The van der Waals surface area contributed by atoms with E-state index in [1.54, 1.807) is 36.4 Å². The van der Waals surface area contributed by atoms with E-state index in [1.165, 1.54) is 6.07 Å². The van der Waals surface area contributed by atoms with Crippen LogP contribution in [0.25, 0.3) is 11.3 Å². The van der Waals surface area contributed by atoms with E-state index in [0.717, 1.165) is 17.8 Å². The molecule has 0 spiro atoms. The van der Waals surface area contributed by atoms with Gasteiger partial charge in [-0.25, -0.2) is 14.4 Å². The van der Waals surface area contributed by atoms with Crippen LogP contribution in [0.15, 0.2) is 53.7 Å². The molecule has 1 aliphatic rings. The van der Waals surface area contributed by atoms with E-state index in [1.807, 2.05) is 0 Å². The summed E-state index contributed by atoms with van der Waals surface area (Å²) in [6, 6.07) is 11.6. The molecule has 0 bridgehead atoms. The smallest absolute Gasteiger partial charge is 0.433 e. The average molecular weight is 479 g/mol. The third kappa shape index (κ3) is 5.72. The zero-order chi connectivity index (χ0) is 23.4. The van der Waals surface area contributed by atoms with Crippen molar-refractivity contribution in [2.45, 2.75) is 24.3 Å². The highest BCUT2D eigenvalue weighted by molar-refractivity contribution is 7.99. The predicted molar refractivity (Wildman–Crippen MR) is 112 cm³/mol. The van der Waals surface area contributed by atoms with Gasteiger partial charge in [-0.2, -0.15) is 13.2 Å². The number of aromatic nitrogens is 2. The number of rotatable bonds is 7. The normalized spacial score (nSPS) is 12.6. The number of hydrogen-bond acceptors (Lipinski definition) is 6. The summed E-state index contributed by atoms with van der Waals surface area (Å²) < 4.78 is 64.3. The lowest BCUT2D eigenvalue weighted by molar-refractivity contribution is -0.141. The molecule has 0 unspecified atom stereocenters. The summed E-state index contributed by atoms with van der Waals surface area (Å²) in [5.41, 5.74) is -0.261. The number of nitrogens with zero attached hydrogens (tertiary/aromatic N) is 2. The molecular formula is C22H17F4N3O3S. The largest absolute Gasteiger partial charge is 0.454 e. The number of thioether (sulfide) groups is 1. The van der Waals surface area contributed by atoms with E-state index in [4.69, 9.17) is 9.47 Å². The molecular weight excluding hydrogens is 462 g/mol. The van der Waals surface area contributed by atoms with Crippen LogP contribution in [-0.4, -0.2) is 28.4 Å². The average Bonchev–Trinajstić information content (AvgIpc) is 3.26. The van der Waals surface area contributed by atoms with Crippen molar-refractivity contribution in [2.24, 2.45) is 0 Å². The first-order chi connectivity index (χ1) is 15.8. The fraction of sp³-hybridized carbons (Fsp3) is 0.227. The van der Waals surface area contributed by atoms with Gasteiger partial charge in [0.15, 0.2) is 16.7 Å². The summed E-state index contributed by atoms with van der Waals surface area (Å²) in [5, 5.41) is 2.47. The molecule has 172 valence electrons. The van der Waals surface area contributed by atoms with E-state index in [9.17, 15) is 22.4 Å². The van der Waals surface area contributed by atoms with E-state index >= 15 is 0 Å². The van der Waals surface area contributed by atoms with Crippen LogP contribution in [0, 0.1) is 5.82 Å². The van der Waals surface area contributed by atoms with Gasteiger partial charge in [0.05, 0.1) is 5.69 Å². The zero-order valence-corrected chi connectivity index (χ0v) is 17.8. The Morgan fingerprint density at radius 1 is 1.06 bits per heavy atom. The van der Waals surface area contributed by atoms with Crippen LogP contribution in [-0.2, 0) is 17.5 Å². The molecule has 0 atom stereocenters. The lowest BCUT2D eigenvalue weighted by Gasteiger charge is -2.11. The Morgan fingerprint density at radius 3 is 2.64 bits per heavy atom. The van der Waals surface area contributed by atoms with Gasteiger partial charge in [-0.15, -0.1) is 0 Å². The molecule has 4 rings (SSSR count). The van der Waals surface area contributed by atoms with Crippen molar-refractivity contribution in [3.63, 3.8) is 0 Å². The van der Waals surface area contributed by atoms with Crippen LogP contribution in [0.1, 0.15) is 17.7 Å². The van der Waals surface area contributed by atoms with Gasteiger partial charge >= 0.3 is 6.18 Å². The number of fused-ring (bicyclic) bond motifs is 1. The number of nitrogens with one attached hydrogen (secondary N) is 1. The van der Waals surface area contributed by atoms with Crippen LogP contribution < -0.4 is 14.8 Å². The van der Waals surface area contributed by atoms with Gasteiger partial charge in [0.25, 0.3) is 0 Å². The first-order valence-corrected chi connectivity index (χ1v) is 10.8. The Hall–Kier alpha value is -3.34. The first-order valence-electron chi connectivity index (χ1n) is 9.79. The minimum absolute atomic E-state index is 0.00190. The maximum atomic E-state index is 13.6. The molecule has 3 aromatic rings. The summed E-state index contributed by atoms with van der Waals surface area (Å²) in [6.07, 6.45) is -4.67. The Labute approximate surface area is 190 Å². The molecule has 1 amide bonds. The Morgan fingerprint density at radius 2 is 1.85 bits per heavy atom. The minimum Gasteiger partial charge on any atom is -0.454 e. The van der Waals surface area contributed by atoms with Crippen LogP contribution in [0.2, 0.25) is 0 Å². The van der Waals surface area contributed by atoms with Crippen molar-refractivity contribution in [1.29, 1.82) is 0 Å². The molecule has 0 saturated heterocycles. The lowest BCUT2D eigenvalue weighted by Crippen LogP contribution is -2.23. The monoisotopic (exact) mass is 479 g/mol. The fourth-order valence-corrected chi connectivity index (χ4v) is 3.79. The Balaban J connectivity index is 1.43. The molecule has 0 saturated carbocycles. The predicted octanol–water partition coefficient (Wildman–Crippen LogP) is 4.83. The molecule has 33 heavy (non-hydrogen) atoms. The Bertz CT molecular complexity index is 1170. The summed E-state index contributed by atoms with van der Waals surface area (Å²) in [5.74, 6) is 0.264. The highest BCUT2D eigenvalue weighted by atomic mass is 32.2. The molecule has 1 aromatic heterocycles. The molecule has 0 aliphatic carbocycles. The summed E-state index contributed by atoms with van der Waals surface area (Å²) in [6.45, 7) is 0.0565. The third-order valence-electron chi connectivity index (χ3n) is 4.66. The van der Waals surface area contributed by atoms with Gasteiger partial charge < -0.3 is 14.8 Å². The summed E-state index contributed by atoms with van der Waals surface area (Å²) in [4.78, 5) is 19.9. The molecule has 11 heteroatoms. The third-order valence-corrected chi connectivity index (χ3v) is 5.51. The molecule has 2 aromatic carbocycles. The fourth-order valence-electron chi connectivity index (χ4n) is 3.00. The number of benzene rings is 2. The molecule has 6 nitrogen and oxygen atoms in total. The second kappa shape index (κ2) is 9.65. The molecule has 1 aliphatic heterocycles. The number of carbonyl (C=O) groups excluding carboxylic acids is 1. The molecule has 0 radical (unpaired) electrons. The zero-order valence-electron chi connectivity index (χ0n) is 17.0. The lowest BCUT2D eigenvalue weighted by atomic mass is 10.1. The molecule has 0 fully saturated rings. The maximum Gasteiger partial charge on any atom is 0.433 e. The van der Waals surface area contributed by atoms with Gasteiger partial charge in [-0.05, 0) is 30.3 Å². The number of ether oxygens (including phenoxy) is 2. The highest BCUT2D eigenvalue weighted by Gasteiger charge is 2.34. The summed E-state index contributed by atoms with van der Waals surface area (Å²) in [7, 11) is 0. The van der Waals surface area contributed by atoms with Gasteiger partial charge in [0.1, 0.15) is 11.5 Å². The number of hydrogen-bond donors (Lipinski definition) is 1. The van der Waals surface area contributed by atoms with Crippen molar-refractivity contribution in [2.75, 3.05) is 12.5 Å². The number of halogens is 4. The van der Waals surface area contributed by atoms with Crippen molar-refractivity contribution in [3.8, 4) is 22.8 Å². The number of carbonyl (C=O) groups is 1. The Kier molecular flexibility index (Phi) is 6.68. The quantitative estimate of drug-likeness (QED) is 0.297. The van der Waals surface area contributed by atoms with Crippen LogP contribution in [0.4, 0.5) is 17.6 Å². The maximum absolute atomic E-state index is 13.6. The van der Waals surface area contributed by atoms with E-state index in [-0.39, 0.29) is 42.3 Å². The van der Waals surface area contributed by atoms with Gasteiger partial charge in [0, 0.05) is 29.8 Å².